The molecular formula is C29H38BN3O4. The lowest BCUT2D eigenvalue weighted by molar-refractivity contribution is 0.00578. The van der Waals surface area contributed by atoms with E-state index < -0.39 is 5.60 Å². The minimum atomic E-state index is -0.534. The van der Waals surface area contributed by atoms with Gasteiger partial charge >= 0.3 is 13.2 Å². The predicted molar refractivity (Wildman–Crippen MR) is 147 cm³/mol. The highest BCUT2D eigenvalue weighted by atomic mass is 16.7. The number of amides is 1. The number of imidazole rings is 1. The van der Waals surface area contributed by atoms with Crippen molar-refractivity contribution in [1.29, 1.82) is 0 Å². The molecule has 3 heterocycles. The van der Waals surface area contributed by atoms with E-state index in [1.807, 2.05) is 31.7 Å². The first-order valence-corrected chi connectivity index (χ1v) is 13.2. The number of fused-ring (bicyclic) bond motifs is 1. The molecule has 3 aromatic rings. The molecule has 1 N–H and O–H groups in total. The first-order valence-electron chi connectivity index (χ1n) is 13.2. The molecule has 1 aromatic heterocycles. The highest BCUT2D eigenvalue weighted by Crippen LogP contribution is 2.38. The monoisotopic (exact) mass is 503 g/mol. The van der Waals surface area contributed by atoms with Gasteiger partial charge in [0.2, 0.25) is 0 Å². The van der Waals surface area contributed by atoms with Crippen LogP contribution >= 0.6 is 0 Å². The average Bonchev–Trinajstić information content (AvgIpc) is 3.45. The molecule has 2 atom stereocenters. The summed E-state index contributed by atoms with van der Waals surface area (Å²) in [6, 6.07) is 14.4. The van der Waals surface area contributed by atoms with Crippen LogP contribution in [0, 0.1) is 5.92 Å². The molecule has 7 nitrogen and oxygen atoms in total. The van der Waals surface area contributed by atoms with Crippen LogP contribution < -0.4 is 5.46 Å². The zero-order chi connectivity index (χ0) is 26.8. The zero-order valence-electron chi connectivity index (χ0n) is 23.2. The molecule has 0 saturated carbocycles. The normalized spacial score (nSPS) is 23.1. The highest BCUT2D eigenvalue weighted by molar-refractivity contribution is 6.62. The van der Waals surface area contributed by atoms with Crippen molar-refractivity contribution in [2.24, 2.45) is 5.92 Å². The van der Waals surface area contributed by atoms with Gasteiger partial charge in [0.05, 0.1) is 28.3 Å². The van der Waals surface area contributed by atoms with E-state index in [1.54, 1.807) is 0 Å². The number of aromatic amines is 1. The maximum Gasteiger partial charge on any atom is 0.494 e. The quantitative estimate of drug-likeness (QED) is 0.454. The zero-order valence-corrected chi connectivity index (χ0v) is 23.2. The van der Waals surface area contributed by atoms with Crippen LogP contribution in [0.1, 0.15) is 73.7 Å². The van der Waals surface area contributed by atoms with Crippen molar-refractivity contribution in [2.45, 2.75) is 84.7 Å². The molecule has 37 heavy (non-hydrogen) atoms. The van der Waals surface area contributed by atoms with Crippen molar-refractivity contribution >= 4 is 29.7 Å². The maximum absolute atomic E-state index is 12.9. The Hall–Kier alpha value is -2.84. The van der Waals surface area contributed by atoms with Gasteiger partial charge in [-0.3, -0.25) is 4.90 Å². The van der Waals surface area contributed by atoms with Gasteiger partial charge in [-0.2, -0.15) is 0 Å². The summed E-state index contributed by atoms with van der Waals surface area (Å²) in [6.07, 6.45) is 0.567. The number of hydrogen-bond acceptors (Lipinski definition) is 5. The third kappa shape index (κ3) is 5.01. The van der Waals surface area contributed by atoms with E-state index in [1.165, 1.54) is 0 Å². The average molecular weight is 503 g/mol. The number of carbonyl (C=O) groups is 1. The van der Waals surface area contributed by atoms with Crippen LogP contribution in [0.5, 0.6) is 0 Å². The summed E-state index contributed by atoms with van der Waals surface area (Å²) < 4.78 is 18.1. The first-order chi connectivity index (χ1) is 17.2. The summed E-state index contributed by atoms with van der Waals surface area (Å²) >= 11 is 0. The molecule has 0 aliphatic carbocycles. The number of hydrogen-bond donors (Lipinski definition) is 1. The van der Waals surface area contributed by atoms with Gasteiger partial charge < -0.3 is 19.0 Å². The smallest absolute Gasteiger partial charge is 0.444 e. The summed E-state index contributed by atoms with van der Waals surface area (Å²) in [7, 11) is -0.376. The Kier molecular flexibility index (Phi) is 6.19. The van der Waals surface area contributed by atoms with E-state index in [0.29, 0.717) is 12.5 Å². The number of benzene rings is 2. The van der Waals surface area contributed by atoms with Gasteiger partial charge in [-0.1, -0.05) is 37.3 Å². The molecule has 0 radical (unpaired) electrons. The van der Waals surface area contributed by atoms with Gasteiger partial charge in [0, 0.05) is 6.54 Å². The Morgan fingerprint density at radius 2 is 1.68 bits per heavy atom. The second kappa shape index (κ2) is 8.88. The molecule has 2 aromatic carbocycles. The fourth-order valence-corrected chi connectivity index (χ4v) is 5.01. The SMILES string of the molecule is C[C@H]1C[C@@H](c2nc3ccc(-c4ccc(B5OC(C)(C)C(C)(C)O5)cc4)cc3[nH]2)N(C(=O)OC(C)(C)C)C1. The molecule has 5 rings (SSSR count). The largest absolute Gasteiger partial charge is 0.494 e. The molecular weight excluding hydrogens is 465 g/mol. The van der Waals surface area contributed by atoms with Crippen molar-refractivity contribution in [2.75, 3.05) is 6.54 Å². The number of aromatic nitrogens is 2. The molecule has 196 valence electrons. The van der Waals surface area contributed by atoms with Crippen LogP contribution in [-0.4, -0.2) is 51.4 Å². The van der Waals surface area contributed by atoms with Crippen molar-refractivity contribution in [3.05, 3.63) is 48.3 Å². The highest BCUT2D eigenvalue weighted by Gasteiger charge is 2.51. The lowest BCUT2D eigenvalue weighted by atomic mass is 9.78. The Bertz CT molecular complexity index is 1290. The second-order valence-electron chi connectivity index (χ2n) is 12.6. The molecule has 2 aliphatic rings. The van der Waals surface area contributed by atoms with E-state index >= 15 is 0 Å². The van der Waals surface area contributed by atoms with E-state index in [4.69, 9.17) is 19.0 Å². The van der Waals surface area contributed by atoms with Gasteiger partial charge in [0.25, 0.3) is 0 Å². The van der Waals surface area contributed by atoms with Gasteiger partial charge in [-0.05, 0) is 89.5 Å². The fraction of sp³-hybridized carbons (Fsp3) is 0.517. The molecule has 8 heteroatoms. The van der Waals surface area contributed by atoms with E-state index in [2.05, 4.69) is 76.0 Å². The van der Waals surface area contributed by atoms with Crippen LogP contribution in [0.3, 0.4) is 0 Å². The topological polar surface area (TPSA) is 76.7 Å². The molecule has 1 amide bonds. The molecule has 0 bridgehead atoms. The minimum Gasteiger partial charge on any atom is -0.444 e. The third-order valence-corrected chi connectivity index (χ3v) is 7.72. The van der Waals surface area contributed by atoms with Crippen LogP contribution in [0.2, 0.25) is 0 Å². The van der Waals surface area contributed by atoms with Crippen LogP contribution in [0.25, 0.3) is 22.2 Å². The first kappa shape index (κ1) is 25.8. The standard InChI is InChI=1S/C29H38BN3O4/c1-18-15-24(33(17-18)26(34)35-27(2,3)4)25-31-22-14-11-20(16-23(22)32-25)19-9-12-21(13-10-19)30-36-28(5,6)29(7,8)37-30/h9-14,16,18,24H,15,17H2,1-8H3,(H,31,32)/t18-,24-/m0/s1. The number of H-pyrrole nitrogens is 1. The summed E-state index contributed by atoms with van der Waals surface area (Å²) in [5.41, 5.74) is 3.77. The summed E-state index contributed by atoms with van der Waals surface area (Å²) in [6.45, 7) is 16.8. The Balaban J connectivity index is 1.37. The van der Waals surface area contributed by atoms with E-state index in [-0.39, 0.29) is 30.5 Å². The number of carbonyl (C=O) groups excluding carboxylic acids is 1. The van der Waals surface area contributed by atoms with Crippen LogP contribution in [0.4, 0.5) is 4.79 Å². The Labute approximate surface area is 220 Å². The van der Waals surface area contributed by atoms with Gasteiger partial charge in [-0.15, -0.1) is 0 Å². The number of likely N-dealkylation sites (tertiary alicyclic amines) is 1. The van der Waals surface area contributed by atoms with Gasteiger partial charge in [-0.25, -0.2) is 9.78 Å². The number of nitrogens with zero attached hydrogens (tertiary/aromatic N) is 2. The second-order valence-corrected chi connectivity index (χ2v) is 12.6. The summed E-state index contributed by atoms with van der Waals surface area (Å²) in [5, 5.41) is 0. The molecule has 0 unspecified atom stereocenters. The fourth-order valence-electron chi connectivity index (χ4n) is 5.01. The minimum absolute atomic E-state index is 0.125. The van der Waals surface area contributed by atoms with Crippen molar-refractivity contribution in [1.82, 2.24) is 14.9 Å². The third-order valence-electron chi connectivity index (χ3n) is 7.72. The Morgan fingerprint density at radius 3 is 2.30 bits per heavy atom. The Morgan fingerprint density at radius 1 is 1.05 bits per heavy atom. The van der Waals surface area contributed by atoms with Crippen LogP contribution in [0.15, 0.2) is 42.5 Å². The lowest BCUT2D eigenvalue weighted by Gasteiger charge is -2.32. The number of nitrogens with one attached hydrogen (secondary N) is 1. The van der Waals surface area contributed by atoms with Crippen molar-refractivity contribution < 1.29 is 18.8 Å². The predicted octanol–water partition coefficient (Wildman–Crippen LogP) is 5.85. The van der Waals surface area contributed by atoms with Gasteiger partial charge in [0.15, 0.2) is 0 Å². The molecule has 2 aliphatic heterocycles. The molecule has 2 fully saturated rings. The van der Waals surface area contributed by atoms with Gasteiger partial charge in [0.1, 0.15) is 11.4 Å². The molecule has 2 saturated heterocycles. The number of ether oxygens (including phenoxy) is 1. The van der Waals surface area contributed by atoms with E-state index in [0.717, 1.165) is 39.9 Å². The van der Waals surface area contributed by atoms with E-state index in [9.17, 15) is 4.79 Å². The summed E-state index contributed by atoms with van der Waals surface area (Å²) in [5.74, 6) is 1.18. The van der Waals surface area contributed by atoms with Crippen LogP contribution in [-0.2, 0) is 14.0 Å². The summed E-state index contributed by atoms with van der Waals surface area (Å²) in [4.78, 5) is 23.0. The van der Waals surface area contributed by atoms with Crippen molar-refractivity contribution in [3.8, 4) is 11.1 Å². The number of rotatable bonds is 3. The molecule has 0 spiro atoms. The lowest BCUT2D eigenvalue weighted by Crippen LogP contribution is -2.41. The van der Waals surface area contributed by atoms with Crippen molar-refractivity contribution in [3.63, 3.8) is 0 Å². The maximum atomic E-state index is 12.9.